The molecule has 0 radical (unpaired) electrons. The maximum absolute atomic E-state index is 12.5. The number of carbonyl (C=O) groups is 1. The Hall–Kier alpha value is -2.26. The van der Waals surface area contributed by atoms with Crippen LogP contribution in [0.5, 0.6) is 0 Å². The summed E-state index contributed by atoms with van der Waals surface area (Å²) in [6, 6.07) is 9.72. The topological polar surface area (TPSA) is 117 Å². The van der Waals surface area contributed by atoms with Gasteiger partial charge in [0.05, 0.1) is 19.3 Å². The highest BCUT2D eigenvalue weighted by Gasteiger charge is 2.25. The standard InChI is InChI=1S/C16H22N4O4S/c1-24-15(21)9-12-25(22,23)16-19-18-14(7-10-17)20(16)11-8-13-5-3-2-4-6-13/h2-6H,7-12,17H2,1H3. The van der Waals surface area contributed by atoms with Crippen LogP contribution in [-0.4, -0.2) is 48.6 Å². The average Bonchev–Trinajstić information content (AvgIpc) is 3.03. The second kappa shape index (κ2) is 8.72. The summed E-state index contributed by atoms with van der Waals surface area (Å²) in [4.78, 5) is 11.2. The lowest BCUT2D eigenvalue weighted by atomic mass is 10.1. The van der Waals surface area contributed by atoms with E-state index in [9.17, 15) is 13.2 Å². The van der Waals surface area contributed by atoms with E-state index in [-0.39, 0.29) is 17.3 Å². The summed E-state index contributed by atoms with van der Waals surface area (Å²) in [6.07, 6.45) is 0.834. The van der Waals surface area contributed by atoms with Gasteiger partial charge in [0, 0.05) is 13.0 Å². The van der Waals surface area contributed by atoms with Gasteiger partial charge in [0.15, 0.2) is 0 Å². The van der Waals surface area contributed by atoms with Gasteiger partial charge in [-0.2, -0.15) is 0 Å². The van der Waals surface area contributed by atoms with Crippen molar-refractivity contribution in [1.29, 1.82) is 0 Å². The predicted octanol–water partition coefficient (Wildman–Crippen LogP) is 0.359. The molecule has 25 heavy (non-hydrogen) atoms. The van der Waals surface area contributed by atoms with Crippen LogP contribution in [0.2, 0.25) is 0 Å². The number of sulfone groups is 1. The van der Waals surface area contributed by atoms with Crippen molar-refractivity contribution < 1.29 is 17.9 Å². The monoisotopic (exact) mass is 366 g/mol. The van der Waals surface area contributed by atoms with Gasteiger partial charge in [0.2, 0.25) is 15.0 Å². The highest BCUT2D eigenvalue weighted by Crippen LogP contribution is 2.14. The van der Waals surface area contributed by atoms with E-state index in [0.29, 0.717) is 31.8 Å². The van der Waals surface area contributed by atoms with Gasteiger partial charge in [-0.1, -0.05) is 30.3 Å². The summed E-state index contributed by atoms with van der Waals surface area (Å²) in [7, 11) is -2.53. The van der Waals surface area contributed by atoms with Crippen molar-refractivity contribution in [2.75, 3.05) is 19.4 Å². The van der Waals surface area contributed by atoms with E-state index >= 15 is 0 Å². The number of benzene rings is 1. The van der Waals surface area contributed by atoms with E-state index in [2.05, 4.69) is 14.9 Å². The van der Waals surface area contributed by atoms with Gasteiger partial charge in [0.1, 0.15) is 5.82 Å². The first-order chi connectivity index (χ1) is 12.0. The number of nitrogens with zero attached hydrogens (tertiary/aromatic N) is 3. The summed E-state index contributed by atoms with van der Waals surface area (Å²) in [5.41, 5.74) is 6.66. The molecular weight excluding hydrogens is 344 g/mol. The lowest BCUT2D eigenvalue weighted by Crippen LogP contribution is -2.19. The zero-order valence-electron chi connectivity index (χ0n) is 14.1. The zero-order chi connectivity index (χ0) is 18.3. The molecule has 2 aromatic rings. The third-order valence-electron chi connectivity index (χ3n) is 3.71. The van der Waals surface area contributed by atoms with E-state index in [1.54, 1.807) is 4.57 Å². The van der Waals surface area contributed by atoms with Crippen LogP contribution in [-0.2, 0) is 38.8 Å². The molecule has 136 valence electrons. The highest BCUT2D eigenvalue weighted by atomic mass is 32.2. The molecule has 1 aromatic carbocycles. The molecule has 0 aliphatic rings. The van der Waals surface area contributed by atoms with Crippen molar-refractivity contribution in [2.24, 2.45) is 5.73 Å². The Balaban J connectivity index is 2.23. The number of esters is 1. The molecule has 0 unspecified atom stereocenters. The number of methoxy groups -OCH3 is 1. The second-order valence-corrected chi connectivity index (χ2v) is 7.47. The van der Waals surface area contributed by atoms with Crippen LogP contribution in [0.25, 0.3) is 0 Å². The number of hydrogen-bond donors (Lipinski definition) is 1. The third kappa shape index (κ3) is 5.10. The second-order valence-electron chi connectivity index (χ2n) is 5.47. The number of aryl methyl sites for hydroxylation is 1. The third-order valence-corrected chi connectivity index (χ3v) is 5.31. The molecule has 8 nitrogen and oxygen atoms in total. The van der Waals surface area contributed by atoms with Crippen molar-refractivity contribution in [1.82, 2.24) is 14.8 Å². The number of ether oxygens (including phenoxy) is 1. The van der Waals surface area contributed by atoms with Crippen LogP contribution in [0.1, 0.15) is 17.8 Å². The van der Waals surface area contributed by atoms with E-state index in [1.807, 2.05) is 30.3 Å². The van der Waals surface area contributed by atoms with Gasteiger partial charge in [-0.05, 0) is 18.5 Å². The molecule has 0 spiro atoms. The smallest absolute Gasteiger partial charge is 0.306 e. The fourth-order valence-electron chi connectivity index (χ4n) is 2.38. The first-order valence-electron chi connectivity index (χ1n) is 7.93. The van der Waals surface area contributed by atoms with Crippen molar-refractivity contribution in [2.45, 2.75) is 31.0 Å². The maximum Gasteiger partial charge on any atom is 0.306 e. The molecule has 0 saturated carbocycles. The van der Waals surface area contributed by atoms with Crippen LogP contribution in [0.3, 0.4) is 0 Å². The van der Waals surface area contributed by atoms with Crippen LogP contribution in [0.4, 0.5) is 0 Å². The summed E-state index contributed by atoms with van der Waals surface area (Å²) in [5, 5.41) is 7.68. The molecule has 2 N–H and O–H groups in total. The van der Waals surface area contributed by atoms with Crippen molar-refractivity contribution in [3.63, 3.8) is 0 Å². The number of aromatic nitrogens is 3. The summed E-state index contributed by atoms with van der Waals surface area (Å²) in [5.74, 6) is -0.428. The first-order valence-corrected chi connectivity index (χ1v) is 9.59. The SMILES string of the molecule is COC(=O)CCS(=O)(=O)c1nnc(CCN)n1CCc1ccccc1. The maximum atomic E-state index is 12.5. The van der Waals surface area contributed by atoms with Crippen LogP contribution in [0, 0.1) is 0 Å². The van der Waals surface area contributed by atoms with Gasteiger partial charge in [-0.3, -0.25) is 4.79 Å². The molecule has 0 bridgehead atoms. The number of nitrogens with two attached hydrogens (primary N) is 1. The van der Waals surface area contributed by atoms with E-state index in [0.717, 1.165) is 5.56 Å². The molecule has 1 heterocycles. The predicted molar refractivity (Wildman–Crippen MR) is 91.6 cm³/mol. The zero-order valence-corrected chi connectivity index (χ0v) is 14.9. The van der Waals surface area contributed by atoms with Crippen molar-refractivity contribution in [3.8, 4) is 0 Å². The van der Waals surface area contributed by atoms with Gasteiger partial charge in [-0.25, -0.2) is 8.42 Å². The Morgan fingerprint density at radius 1 is 1.20 bits per heavy atom. The van der Waals surface area contributed by atoms with E-state index < -0.39 is 15.8 Å². The Labute approximate surface area is 146 Å². The minimum Gasteiger partial charge on any atom is -0.469 e. The Morgan fingerprint density at radius 2 is 1.92 bits per heavy atom. The quantitative estimate of drug-likeness (QED) is 0.637. The fourth-order valence-corrected chi connectivity index (χ4v) is 3.70. The summed E-state index contributed by atoms with van der Waals surface area (Å²) >= 11 is 0. The van der Waals surface area contributed by atoms with Crippen LogP contribution < -0.4 is 5.73 Å². The van der Waals surface area contributed by atoms with Gasteiger partial charge < -0.3 is 15.0 Å². The molecule has 0 amide bonds. The normalized spacial score (nSPS) is 11.4. The molecule has 0 saturated heterocycles. The van der Waals surface area contributed by atoms with Crippen molar-refractivity contribution >= 4 is 15.8 Å². The van der Waals surface area contributed by atoms with Crippen LogP contribution in [0.15, 0.2) is 35.5 Å². The first kappa shape index (κ1) is 19.1. The number of hydrogen-bond acceptors (Lipinski definition) is 7. The fraction of sp³-hybridized carbons (Fsp3) is 0.438. The Kier molecular flexibility index (Phi) is 6.65. The molecule has 0 atom stereocenters. The Bertz CT molecular complexity index is 803. The molecule has 2 rings (SSSR count). The minimum absolute atomic E-state index is 0.129. The summed E-state index contributed by atoms with van der Waals surface area (Å²) < 4.78 is 31.2. The van der Waals surface area contributed by atoms with Crippen LogP contribution >= 0.6 is 0 Å². The number of carbonyl (C=O) groups excluding carboxylic acids is 1. The lowest BCUT2D eigenvalue weighted by molar-refractivity contribution is -0.140. The largest absolute Gasteiger partial charge is 0.469 e. The minimum atomic E-state index is -3.75. The molecule has 0 aliphatic carbocycles. The Morgan fingerprint density at radius 3 is 2.56 bits per heavy atom. The van der Waals surface area contributed by atoms with Gasteiger partial charge in [0.25, 0.3) is 0 Å². The van der Waals surface area contributed by atoms with Crippen molar-refractivity contribution in [3.05, 3.63) is 41.7 Å². The lowest BCUT2D eigenvalue weighted by Gasteiger charge is -2.10. The number of rotatable bonds is 9. The molecule has 1 aromatic heterocycles. The molecule has 0 aliphatic heterocycles. The molecule has 9 heteroatoms. The van der Waals surface area contributed by atoms with Gasteiger partial charge >= 0.3 is 5.97 Å². The highest BCUT2D eigenvalue weighted by molar-refractivity contribution is 7.91. The average molecular weight is 366 g/mol. The molecule has 0 fully saturated rings. The van der Waals surface area contributed by atoms with E-state index in [1.165, 1.54) is 7.11 Å². The summed E-state index contributed by atoms with van der Waals surface area (Å²) in [6.45, 7) is 0.755. The van der Waals surface area contributed by atoms with Gasteiger partial charge in [-0.15, -0.1) is 10.2 Å². The van der Waals surface area contributed by atoms with E-state index in [4.69, 9.17) is 5.73 Å². The molecular formula is C16H22N4O4S.